The van der Waals surface area contributed by atoms with Gasteiger partial charge < -0.3 is 11.1 Å². The quantitative estimate of drug-likeness (QED) is 0.832. The Morgan fingerprint density at radius 3 is 2.47 bits per heavy atom. The number of halogens is 3. The molecule has 0 saturated carbocycles. The number of amides is 1. The molecule has 3 N–H and O–H groups in total. The molecule has 0 aliphatic carbocycles. The molecule has 1 rings (SSSR count). The third kappa shape index (κ3) is 4.72. The van der Waals surface area contributed by atoms with Gasteiger partial charge in [0.1, 0.15) is 0 Å². The van der Waals surface area contributed by atoms with Crippen LogP contribution in [-0.4, -0.2) is 11.9 Å². The maximum absolute atomic E-state index is 11.6. The zero-order valence-corrected chi connectivity index (χ0v) is 11.5. The molecule has 0 aliphatic rings. The first-order chi connectivity index (χ1) is 7.90. The molecule has 1 aromatic rings. The summed E-state index contributed by atoms with van der Waals surface area (Å²) in [6, 6.07) is 3.01. The molecule has 17 heavy (non-hydrogen) atoms. The van der Waals surface area contributed by atoms with Crippen LogP contribution in [0.15, 0.2) is 12.1 Å². The topological polar surface area (TPSA) is 55.1 Å². The summed E-state index contributed by atoms with van der Waals surface area (Å²) in [5, 5.41) is 3.72. The highest BCUT2D eigenvalue weighted by atomic mass is 35.5. The Bertz CT molecular complexity index is 421. The monoisotopic (exact) mass is 294 g/mol. The molecule has 94 valence electrons. The number of nitrogens with two attached hydrogens (primary N) is 1. The Morgan fingerprint density at radius 1 is 1.29 bits per heavy atom. The smallest absolute Gasteiger partial charge is 0.224 e. The number of rotatable bonds is 4. The van der Waals surface area contributed by atoms with Gasteiger partial charge in [0, 0.05) is 12.5 Å². The maximum atomic E-state index is 11.6. The molecule has 3 nitrogen and oxygen atoms in total. The number of anilines is 1. The van der Waals surface area contributed by atoms with E-state index in [4.69, 9.17) is 40.5 Å². The van der Waals surface area contributed by atoms with Gasteiger partial charge in [-0.25, -0.2) is 0 Å². The van der Waals surface area contributed by atoms with Crippen molar-refractivity contribution in [1.29, 1.82) is 0 Å². The van der Waals surface area contributed by atoms with Gasteiger partial charge in [0.25, 0.3) is 0 Å². The van der Waals surface area contributed by atoms with Crippen LogP contribution in [0.25, 0.3) is 0 Å². The molecule has 0 saturated heterocycles. The summed E-state index contributed by atoms with van der Waals surface area (Å²) in [5.41, 5.74) is 6.02. The van der Waals surface area contributed by atoms with Gasteiger partial charge in [0.2, 0.25) is 5.91 Å². The molecule has 0 radical (unpaired) electrons. The largest absolute Gasteiger partial charge is 0.328 e. The van der Waals surface area contributed by atoms with Gasteiger partial charge in [0.05, 0.1) is 20.8 Å². The van der Waals surface area contributed by atoms with Crippen LogP contribution >= 0.6 is 34.8 Å². The van der Waals surface area contributed by atoms with Gasteiger partial charge in [-0.15, -0.1) is 0 Å². The van der Waals surface area contributed by atoms with Crippen molar-refractivity contribution in [1.82, 2.24) is 0 Å². The van der Waals surface area contributed by atoms with Gasteiger partial charge in [-0.1, -0.05) is 34.8 Å². The molecule has 0 bridgehead atoms. The molecule has 0 fully saturated rings. The van der Waals surface area contributed by atoms with Crippen molar-refractivity contribution in [2.75, 3.05) is 5.32 Å². The number of hydrogen-bond donors (Lipinski definition) is 2. The standard InChI is InChI=1S/C11H13Cl3N2O/c1-6(15)2-3-11(17)16-10-5-8(13)7(12)4-9(10)14/h4-6H,2-3,15H2,1H3,(H,16,17). The number of benzene rings is 1. The lowest BCUT2D eigenvalue weighted by molar-refractivity contribution is -0.116. The molecule has 1 amide bonds. The van der Waals surface area contributed by atoms with Crippen molar-refractivity contribution < 1.29 is 4.79 Å². The van der Waals surface area contributed by atoms with E-state index >= 15 is 0 Å². The van der Waals surface area contributed by atoms with Crippen LogP contribution in [-0.2, 0) is 4.79 Å². The highest BCUT2D eigenvalue weighted by Crippen LogP contribution is 2.32. The summed E-state index contributed by atoms with van der Waals surface area (Å²) in [6.07, 6.45) is 0.957. The summed E-state index contributed by atoms with van der Waals surface area (Å²) in [7, 11) is 0. The number of nitrogens with one attached hydrogen (secondary N) is 1. The summed E-state index contributed by atoms with van der Waals surface area (Å²) >= 11 is 17.5. The molecule has 1 aromatic carbocycles. The molecule has 1 unspecified atom stereocenters. The van der Waals surface area contributed by atoms with Gasteiger partial charge >= 0.3 is 0 Å². The summed E-state index contributed by atoms with van der Waals surface area (Å²) in [6.45, 7) is 1.85. The molecule has 6 heteroatoms. The Balaban J connectivity index is 2.68. The fourth-order valence-electron chi connectivity index (χ4n) is 1.19. The fourth-order valence-corrected chi connectivity index (χ4v) is 1.78. The second kappa shape index (κ2) is 6.45. The average molecular weight is 296 g/mol. The predicted molar refractivity (Wildman–Crippen MR) is 73.0 cm³/mol. The first-order valence-corrected chi connectivity index (χ1v) is 6.23. The van der Waals surface area contributed by atoms with Crippen molar-refractivity contribution in [3.63, 3.8) is 0 Å². The second-order valence-corrected chi connectivity index (χ2v) is 5.03. The van der Waals surface area contributed by atoms with E-state index < -0.39 is 0 Å². The number of carbonyl (C=O) groups excluding carboxylic acids is 1. The first-order valence-electron chi connectivity index (χ1n) is 5.10. The Hall–Kier alpha value is -0.480. The van der Waals surface area contributed by atoms with Gasteiger partial charge in [0.15, 0.2) is 0 Å². The normalized spacial score (nSPS) is 12.3. The van der Waals surface area contributed by atoms with E-state index in [0.29, 0.717) is 33.6 Å². The van der Waals surface area contributed by atoms with Crippen molar-refractivity contribution in [2.24, 2.45) is 5.73 Å². The zero-order valence-electron chi connectivity index (χ0n) is 9.27. The van der Waals surface area contributed by atoms with Crippen LogP contribution in [0.2, 0.25) is 15.1 Å². The minimum Gasteiger partial charge on any atom is -0.328 e. The molecule has 0 spiro atoms. The minimum absolute atomic E-state index is 0.00923. The lowest BCUT2D eigenvalue weighted by atomic mass is 10.2. The van der Waals surface area contributed by atoms with Crippen LogP contribution in [0.3, 0.4) is 0 Å². The molecule has 0 aromatic heterocycles. The van der Waals surface area contributed by atoms with Crippen molar-refractivity contribution in [3.8, 4) is 0 Å². The Labute approximate surface area is 115 Å². The molecular formula is C11H13Cl3N2O. The third-order valence-corrected chi connectivity index (χ3v) is 3.15. The molecule has 1 atom stereocenters. The van der Waals surface area contributed by atoms with Crippen LogP contribution in [0, 0.1) is 0 Å². The molecule has 0 aliphatic heterocycles. The fraction of sp³-hybridized carbons (Fsp3) is 0.364. The van der Waals surface area contributed by atoms with E-state index in [1.807, 2.05) is 6.92 Å². The average Bonchev–Trinajstić information content (AvgIpc) is 2.23. The molecule has 0 heterocycles. The maximum Gasteiger partial charge on any atom is 0.224 e. The van der Waals surface area contributed by atoms with E-state index in [2.05, 4.69) is 5.32 Å². The van der Waals surface area contributed by atoms with Gasteiger partial charge in [-0.2, -0.15) is 0 Å². The number of carbonyl (C=O) groups is 1. The summed E-state index contributed by atoms with van der Waals surface area (Å²) in [4.78, 5) is 11.6. The summed E-state index contributed by atoms with van der Waals surface area (Å²) in [5.74, 6) is -0.150. The van der Waals surface area contributed by atoms with E-state index in [9.17, 15) is 4.79 Å². The van der Waals surface area contributed by atoms with Crippen LogP contribution in [0.4, 0.5) is 5.69 Å². The minimum atomic E-state index is -0.150. The highest BCUT2D eigenvalue weighted by molar-refractivity contribution is 6.44. The van der Waals surface area contributed by atoms with E-state index in [-0.39, 0.29) is 11.9 Å². The van der Waals surface area contributed by atoms with Gasteiger partial charge in [-0.05, 0) is 25.5 Å². The SMILES string of the molecule is CC(N)CCC(=O)Nc1cc(Cl)c(Cl)cc1Cl. The van der Waals surface area contributed by atoms with Crippen LogP contribution in [0.5, 0.6) is 0 Å². The second-order valence-electron chi connectivity index (χ2n) is 3.81. The first kappa shape index (κ1) is 14.6. The Morgan fingerprint density at radius 2 is 1.88 bits per heavy atom. The van der Waals surface area contributed by atoms with Crippen molar-refractivity contribution >= 4 is 46.4 Å². The number of hydrogen-bond acceptors (Lipinski definition) is 2. The van der Waals surface area contributed by atoms with Crippen molar-refractivity contribution in [2.45, 2.75) is 25.8 Å². The van der Waals surface area contributed by atoms with Gasteiger partial charge in [-0.3, -0.25) is 4.79 Å². The van der Waals surface area contributed by atoms with Crippen LogP contribution in [0.1, 0.15) is 19.8 Å². The van der Waals surface area contributed by atoms with Crippen molar-refractivity contribution in [3.05, 3.63) is 27.2 Å². The van der Waals surface area contributed by atoms with E-state index in [0.717, 1.165) is 0 Å². The van der Waals surface area contributed by atoms with E-state index in [1.54, 1.807) is 0 Å². The Kier molecular flexibility index (Phi) is 5.53. The van der Waals surface area contributed by atoms with Crippen LogP contribution < -0.4 is 11.1 Å². The third-order valence-electron chi connectivity index (χ3n) is 2.11. The molecular weight excluding hydrogens is 282 g/mol. The summed E-state index contributed by atoms with van der Waals surface area (Å²) < 4.78 is 0. The lowest BCUT2D eigenvalue weighted by Gasteiger charge is -2.09. The zero-order chi connectivity index (χ0) is 13.0. The lowest BCUT2D eigenvalue weighted by Crippen LogP contribution is -2.19. The predicted octanol–water partition coefficient (Wildman–Crippen LogP) is 3.71. The highest BCUT2D eigenvalue weighted by Gasteiger charge is 2.09. The van der Waals surface area contributed by atoms with E-state index in [1.165, 1.54) is 12.1 Å².